The molecular weight excluding hydrogens is 374 g/mol. The van der Waals surface area contributed by atoms with Gasteiger partial charge in [-0.2, -0.15) is 0 Å². The molecule has 1 atom stereocenters. The second-order valence-corrected chi connectivity index (χ2v) is 7.92. The molecule has 30 heavy (non-hydrogen) atoms. The Bertz CT molecular complexity index is 756. The van der Waals surface area contributed by atoms with Gasteiger partial charge in [-0.1, -0.05) is 30.3 Å². The lowest BCUT2D eigenvalue weighted by Gasteiger charge is -2.34. The predicted octanol–water partition coefficient (Wildman–Crippen LogP) is 4.16. The Morgan fingerprint density at radius 2 is 1.80 bits per heavy atom. The van der Waals surface area contributed by atoms with Crippen LogP contribution >= 0.6 is 0 Å². The number of benzene rings is 2. The number of piperidine rings is 1. The molecule has 2 aromatic rings. The third-order valence-corrected chi connectivity index (χ3v) is 5.74. The van der Waals surface area contributed by atoms with Crippen molar-refractivity contribution in [3.63, 3.8) is 0 Å². The molecule has 1 fully saturated rings. The molecule has 0 aromatic heterocycles. The molecule has 0 unspecified atom stereocenters. The molecule has 0 radical (unpaired) electrons. The van der Waals surface area contributed by atoms with E-state index in [4.69, 9.17) is 4.74 Å². The lowest BCUT2D eigenvalue weighted by atomic mass is 10.0. The molecule has 1 aliphatic heterocycles. The summed E-state index contributed by atoms with van der Waals surface area (Å²) in [6.07, 6.45) is 3.36. The van der Waals surface area contributed by atoms with Crippen molar-refractivity contribution in [2.24, 2.45) is 0 Å². The molecule has 3 rings (SSSR count). The zero-order chi connectivity index (χ0) is 21.2. The fourth-order valence-electron chi connectivity index (χ4n) is 3.90. The van der Waals surface area contributed by atoms with Crippen LogP contribution in [0.4, 0.5) is 5.69 Å². The van der Waals surface area contributed by atoms with Crippen LogP contribution in [0.5, 0.6) is 0 Å². The molecule has 0 aliphatic carbocycles. The van der Waals surface area contributed by atoms with Gasteiger partial charge in [0.05, 0.1) is 6.04 Å². The van der Waals surface area contributed by atoms with E-state index < -0.39 is 0 Å². The molecule has 1 saturated heterocycles. The molecule has 2 aromatic carbocycles. The van der Waals surface area contributed by atoms with Gasteiger partial charge >= 0.3 is 0 Å². The van der Waals surface area contributed by atoms with Crippen LogP contribution in [-0.4, -0.2) is 44.8 Å². The van der Waals surface area contributed by atoms with E-state index in [2.05, 4.69) is 27.7 Å². The van der Waals surface area contributed by atoms with E-state index in [-0.39, 0.29) is 11.9 Å². The second kappa shape index (κ2) is 11.7. The third kappa shape index (κ3) is 6.57. The monoisotopic (exact) mass is 409 g/mol. The van der Waals surface area contributed by atoms with Crippen molar-refractivity contribution in [2.75, 3.05) is 37.7 Å². The van der Waals surface area contributed by atoms with Crippen LogP contribution in [-0.2, 0) is 4.74 Å². The summed E-state index contributed by atoms with van der Waals surface area (Å²) in [6, 6.07) is 18.6. The smallest absolute Gasteiger partial charge is 0.251 e. The van der Waals surface area contributed by atoms with Crippen molar-refractivity contribution in [3.05, 3.63) is 65.7 Å². The number of nitrogens with zero attached hydrogens (tertiary/aromatic N) is 1. The topological polar surface area (TPSA) is 53.6 Å². The maximum atomic E-state index is 12.6. The fourth-order valence-corrected chi connectivity index (χ4v) is 3.90. The maximum absolute atomic E-state index is 12.6. The van der Waals surface area contributed by atoms with Gasteiger partial charge in [0.15, 0.2) is 0 Å². The average molecular weight is 410 g/mol. The van der Waals surface area contributed by atoms with Gasteiger partial charge in [-0.3, -0.25) is 4.79 Å². The first-order valence-electron chi connectivity index (χ1n) is 11.2. The summed E-state index contributed by atoms with van der Waals surface area (Å²) in [7, 11) is 0. The number of hydrogen-bond acceptors (Lipinski definition) is 4. The number of rotatable bonds is 10. The Labute approximate surface area is 180 Å². The Morgan fingerprint density at radius 3 is 2.47 bits per heavy atom. The van der Waals surface area contributed by atoms with Crippen LogP contribution in [0.2, 0.25) is 0 Å². The molecule has 5 nitrogen and oxygen atoms in total. The van der Waals surface area contributed by atoms with Crippen LogP contribution in [0.1, 0.15) is 55.1 Å². The van der Waals surface area contributed by atoms with E-state index >= 15 is 0 Å². The van der Waals surface area contributed by atoms with Gasteiger partial charge in [-0.15, -0.1) is 0 Å². The van der Waals surface area contributed by atoms with E-state index in [1.165, 1.54) is 5.69 Å². The molecule has 0 bridgehead atoms. The van der Waals surface area contributed by atoms with Gasteiger partial charge in [0.2, 0.25) is 0 Å². The number of anilines is 1. The maximum Gasteiger partial charge on any atom is 0.251 e. The molecule has 1 aliphatic rings. The minimum absolute atomic E-state index is 0.0153. The SMILES string of the molecule is CCOCCCNC1CCN(c2ccc(C(=O)N[C@@H](C)c3ccccc3)cc2)CC1. The molecule has 2 N–H and O–H groups in total. The second-order valence-electron chi connectivity index (χ2n) is 7.92. The number of carbonyl (C=O) groups excluding carboxylic acids is 1. The van der Waals surface area contributed by atoms with Crippen LogP contribution in [0.25, 0.3) is 0 Å². The van der Waals surface area contributed by atoms with Gasteiger partial charge in [-0.25, -0.2) is 0 Å². The first-order chi connectivity index (χ1) is 14.7. The van der Waals surface area contributed by atoms with Gasteiger partial charge in [-0.05, 0) is 69.5 Å². The summed E-state index contributed by atoms with van der Waals surface area (Å²) in [5, 5.41) is 6.73. The summed E-state index contributed by atoms with van der Waals surface area (Å²) in [4.78, 5) is 15.0. The fraction of sp³-hybridized carbons (Fsp3) is 0.480. The van der Waals surface area contributed by atoms with Crippen LogP contribution in [0, 0.1) is 0 Å². The Balaban J connectivity index is 1.44. The molecule has 1 heterocycles. The Kier molecular flexibility index (Phi) is 8.72. The standard InChI is InChI=1S/C25H35N3O2/c1-3-30-19-7-16-26-23-14-17-28(18-15-23)24-12-10-22(11-13-24)25(29)27-20(2)21-8-5-4-6-9-21/h4-6,8-13,20,23,26H,3,7,14-19H2,1-2H3,(H,27,29)/t20-/m0/s1. The summed E-state index contributed by atoms with van der Waals surface area (Å²) >= 11 is 0. The van der Waals surface area contributed by atoms with Crippen LogP contribution < -0.4 is 15.5 Å². The highest BCUT2D eigenvalue weighted by Gasteiger charge is 2.19. The highest BCUT2D eigenvalue weighted by atomic mass is 16.5. The van der Waals surface area contributed by atoms with Gasteiger partial charge in [0.25, 0.3) is 5.91 Å². The number of carbonyl (C=O) groups is 1. The van der Waals surface area contributed by atoms with E-state index in [0.29, 0.717) is 11.6 Å². The van der Waals surface area contributed by atoms with Crippen molar-refractivity contribution in [2.45, 2.75) is 45.2 Å². The summed E-state index contributed by atoms with van der Waals surface area (Å²) < 4.78 is 5.39. The minimum Gasteiger partial charge on any atom is -0.382 e. The first-order valence-corrected chi connectivity index (χ1v) is 11.2. The number of nitrogens with one attached hydrogen (secondary N) is 2. The molecule has 0 saturated carbocycles. The number of ether oxygens (including phenoxy) is 1. The van der Waals surface area contributed by atoms with E-state index in [1.807, 2.05) is 56.3 Å². The lowest BCUT2D eigenvalue weighted by Crippen LogP contribution is -2.43. The molecule has 1 amide bonds. The third-order valence-electron chi connectivity index (χ3n) is 5.74. The Morgan fingerprint density at radius 1 is 1.10 bits per heavy atom. The highest BCUT2D eigenvalue weighted by Crippen LogP contribution is 2.21. The van der Waals surface area contributed by atoms with Crippen molar-refractivity contribution in [3.8, 4) is 0 Å². The predicted molar refractivity (Wildman–Crippen MR) is 123 cm³/mol. The van der Waals surface area contributed by atoms with Crippen LogP contribution in [0.3, 0.4) is 0 Å². The van der Waals surface area contributed by atoms with Crippen LogP contribution in [0.15, 0.2) is 54.6 Å². The van der Waals surface area contributed by atoms with Gasteiger partial charge in [0.1, 0.15) is 0 Å². The van der Waals surface area contributed by atoms with E-state index in [1.54, 1.807) is 0 Å². The normalized spacial score (nSPS) is 15.7. The Hall–Kier alpha value is -2.37. The lowest BCUT2D eigenvalue weighted by molar-refractivity contribution is 0.0940. The minimum atomic E-state index is -0.0344. The zero-order valence-electron chi connectivity index (χ0n) is 18.3. The first kappa shape index (κ1) is 22.3. The largest absolute Gasteiger partial charge is 0.382 e. The summed E-state index contributed by atoms with van der Waals surface area (Å²) in [6.45, 7) is 8.79. The summed E-state index contributed by atoms with van der Waals surface area (Å²) in [5.74, 6) is -0.0344. The molecule has 5 heteroatoms. The van der Waals surface area contributed by atoms with Crippen molar-refractivity contribution < 1.29 is 9.53 Å². The molecule has 162 valence electrons. The van der Waals surface area contributed by atoms with E-state index in [0.717, 1.165) is 57.7 Å². The quantitative estimate of drug-likeness (QED) is 0.579. The van der Waals surface area contributed by atoms with Gasteiger partial charge in [0, 0.05) is 43.6 Å². The number of amides is 1. The van der Waals surface area contributed by atoms with Crippen molar-refractivity contribution in [1.82, 2.24) is 10.6 Å². The molecular formula is C25H35N3O2. The average Bonchev–Trinajstić information content (AvgIpc) is 2.80. The van der Waals surface area contributed by atoms with Crippen molar-refractivity contribution >= 4 is 11.6 Å². The highest BCUT2D eigenvalue weighted by molar-refractivity contribution is 5.94. The zero-order valence-corrected chi connectivity index (χ0v) is 18.3. The molecule has 0 spiro atoms. The van der Waals surface area contributed by atoms with E-state index in [9.17, 15) is 4.79 Å². The van der Waals surface area contributed by atoms with Gasteiger partial charge < -0.3 is 20.3 Å². The van der Waals surface area contributed by atoms with Crippen molar-refractivity contribution in [1.29, 1.82) is 0 Å². The number of hydrogen-bond donors (Lipinski definition) is 2. The summed E-state index contributed by atoms with van der Waals surface area (Å²) in [5.41, 5.74) is 3.00.